The molecule has 158 valence electrons. The van der Waals surface area contributed by atoms with Crippen LogP contribution in [-0.2, 0) is 13.7 Å². The van der Waals surface area contributed by atoms with Crippen molar-refractivity contribution < 1.29 is 9.47 Å². The van der Waals surface area contributed by atoms with Crippen molar-refractivity contribution in [3.8, 4) is 22.9 Å². The van der Waals surface area contributed by atoms with Crippen LogP contribution in [0.5, 0.6) is 11.5 Å². The zero-order valence-electron chi connectivity index (χ0n) is 18.0. The molecule has 1 atom stereocenters. The van der Waals surface area contributed by atoms with Crippen molar-refractivity contribution in [1.29, 1.82) is 0 Å². The summed E-state index contributed by atoms with van der Waals surface area (Å²) in [6, 6.07) is 14.7. The fourth-order valence-electron chi connectivity index (χ4n) is 4.23. The van der Waals surface area contributed by atoms with Crippen LogP contribution in [0.2, 0.25) is 0 Å². The van der Waals surface area contributed by atoms with E-state index >= 15 is 0 Å². The van der Waals surface area contributed by atoms with E-state index in [-0.39, 0.29) is 6.04 Å². The zero-order valence-corrected chi connectivity index (χ0v) is 18.8. The smallest absolute Gasteiger partial charge is 0.199 e. The molecule has 1 aromatic heterocycles. The summed E-state index contributed by atoms with van der Waals surface area (Å²) >= 11 is 5.71. The Morgan fingerprint density at radius 3 is 2.70 bits per heavy atom. The number of likely N-dealkylation sites (tertiary alicyclic amines) is 1. The Balaban J connectivity index is 1.63. The van der Waals surface area contributed by atoms with Crippen molar-refractivity contribution in [3.05, 3.63) is 58.4 Å². The number of aromatic nitrogens is 3. The zero-order chi connectivity index (χ0) is 21.3. The van der Waals surface area contributed by atoms with Gasteiger partial charge in [-0.25, -0.2) is 4.68 Å². The van der Waals surface area contributed by atoms with Gasteiger partial charge in [0.25, 0.3) is 0 Å². The Kier molecular flexibility index (Phi) is 5.92. The van der Waals surface area contributed by atoms with Gasteiger partial charge in [0.1, 0.15) is 11.5 Å². The fourth-order valence-corrected chi connectivity index (χ4v) is 4.41. The van der Waals surface area contributed by atoms with E-state index in [1.807, 2.05) is 28.4 Å². The Hall–Kier alpha value is -2.64. The fraction of sp³-hybridized carbons (Fsp3) is 0.391. The van der Waals surface area contributed by atoms with Crippen LogP contribution < -0.4 is 9.47 Å². The van der Waals surface area contributed by atoms with Crippen LogP contribution in [0.25, 0.3) is 11.4 Å². The molecule has 0 saturated carbocycles. The van der Waals surface area contributed by atoms with Gasteiger partial charge in [-0.15, -0.1) is 0 Å². The van der Waals surface area contributed by atoms with Gasteiger partial charge in [-0.1, -0.05) is 29.8 Å². The summed E-state index contributed by atoms with van der Waals surface area (Å²) in [4.78, 5) is 2.42. The lowest BCUT2D eigenvalue weighted by molar-refractivity contribution is 0.187. The molecule has 0 bridgehead atoms. The highest BCUT2D eigenvalue weighted by Gasteiger charge is 2.29. The molecule has 0 radical (unpaired) electrons. The first-order valence-electron chi connectivity index (χ1n) is 10.2. The summed E-state index contributed by atoms with van der Waals surface area (Å²) in [6.07, 6.45) is 2.21. The van der Waals surface area contributed by atoms with Crippen LogP contribution in [0.1, 0.15) is 30.0 Å². The maximum atomic E-state index is 5.71. The van der Waals surface area contributed by atoms with Crippen molar-refractivity contribution >= 4 is 12.2 Å². The van der Waals surface area contributed by atoms with E-state index in [0.717, 1.165) is 47.0 Å². The molecular formula is C23H28N4O2S. The van der Waals surface area contributed by atoms with Gasteiger partial charge in [0.05, 0.1) is 20.9 Å². The Bertz CT molecular complexity index is 1100. The maximum absolute atomic E-state index is 5.71. The van der Waals surface area contributed by atoms with Gasteiger partial charge in [0.2, 0.25) is 0 Å². The minimum atomic E-state index is 0.261. The lowest BCUT2D eigenvalue weighted by Gasteiger charge is -2.26. The highest BCUT2D eigenvalue weighted by Crippen LogP contribution is 2.39. The van der Waals surface area contributed by atoms with E-state index in [9.17, 15) is 0 Å². The molecule has 1 saturated heterocycles. The van der Waals surface area contributed by atoms with Gasteiger partial charge in [-0.3, -0.25) is 4.90 Å². The normalized spacial score (nSPS) is 16.7. The standard InChI is InChI=1S/C23H28N4O2S/c1-16-7-5-8-17(13-16)22-24-27(23(30)25(22)2)15-26-12-6-9-20(26)19-11-10-18(28-3)14-21(19)29-4/h5,7-8,10-11,13-14,20H,6,9,12,15H2,1-4H3/t20-/m0/s1. The highest BCUT2D eigenvalue weighted by atomic mass is 32.1. The summed E-state index contributed by atoms with van der Waals surface area (Å²) in [6.45, 7) is 3.74. The first-order valence-corrected chi connectivity index (χ1v) is 10.6. The van der Waals surface area contributed by atoms with Crippen LogP contribution in [0.15, 0.2) is 42.5 Å². The van der Waals surface area contributed by atoms with Crippen LogP contribution in [0.3, 0.4) is 0 Å². The van der Waals surface area contributed by atoms with Crippen LogP contribution in [0, 0.1) is 11.7 Å². The molecule has 0 N–H and O–H groups in total. The predicted octanol–water partition coefficient (Wildman–Crippen LogP) is 4.74. The highest BCUT2D eigenvalue weighted by molar-refractivity contribution is 7.71. The molecule has 1 aliphatic rings. The van der Waals surface area contributed by atoms with Gasteiger partial charge in [-0.2, -0.15) is 5.10 Å². The molecule has 2 aromatic carbocycles. The van der Waals surface area contributed by atoms with Crippen molar-refractivity contribution in [2.24, 2.45) is 7.05 Å². The number of benzene rings is 2. The molecule has 1 fully saturated rings. The van der Waals surface area contributed by atoms with E-state index in [0.29, 0.717) is 6.67 Å². The molecule has 0 unspecified atom stereocenters. The average molecular weight is 425 g/mol. The average Bonchev–Trinajstić information content (AvgIpc) is 3.33. The molecule has 0 spiro atoms. The molecule has 30 heavy (non-hydrogen) atoms. The Morgan fingerprint density at radius 2 is 1.97 bits per heavy atom. The van der Waals surface area contributed by atoms with Crippen molar-refractivity contribution in [1.82, 2.24) is 19.2 Å². The first-order chi connectivity index (χ1) is 14.5. The topological polar surface area (TPSA) is 44.5 Å². The number of ether oxygens (including phenoxy) is 2. The summed E-state index contributed by atoms with van der Waals surface area (Å²) < 4.78 is 15.7. The van der Waals surface area contributed by atoms with E-state index in [4.69, 9.17) is 26.8 Å². The van der Waals surface area contributed by atoms with Gasteiger partial charge in [-0.05, 0) is 44.1 Å². The molecule has 0 amide bonds. The van der Waals surface area contributed by atoms with Crippen molar-refractivity contribution in [2.45, 2.75) is 32.5 Å². The number of rotatable bonds is 6. The second-order valence-corrected chi connectivity index (χ2v) is 8.12. The number of hydrogen-bond donors (Lipinski definition) is 0. The Labute approximate surface area is 182 Å². The second-order valence-electron chi connectivity index (χ2n) is 7.75. The maximum Gasteiger partial charge on any atom is 0.199 e. The van der Waals surface area contributed by atoms with Crippen molar-refractivity contribution in [3.63, 3.8) is 0 Å². The third-order valence-corrected chi connectivity index (χ3v) is 6.28. The van der Waals surface area contributed by atoms with E-state index in [1.54, 1.807) is 14.2 Å². The molecule has 6 nitrogen and oxygen atoms in total. The predicted molar refractivity (Wildman–Crippen MR) is 120 cm³/mol. The van der Waals surface area contributed by atoms with Crippen LogP contribution in [-0.4, -0.2) is 40.0 Å². The van der Waals surface area contributed by atoms with E-state index in [2.05, 4.69) is 42.2 Å². The van der Waals surface area contributed by atoms with E-state index in [1.165, 1.54) is 11.1 Å². The van der Waals surface area contributed by atoms with Gasteiger partial charge in [0, 0.05) is 36.8 Å². The molecule has 0 aliphatic carbocycles. The number of methoxy groups -OCH3 is 2. The minimum absolute atomic E-state index is 0.261. The van der Waals surface area contributed by atoms with Crippen LogP contribution >= 0.6 is 12.2 Å². The van der Waals surface area contributed by atoms with Crippen molar-refractivity contribution in [2.75, 3.05) is 20.8 Å². The van der Waals surface area contributed by atoms with Gasteiger partial charge >= 0.3 is 0 Å². The summed E-state index contributed by atoms with van der Waals surface area (Å²) in [5, 5.41) is 4.86. The number of nitrogens with zero attached hydrogens (tertiary/aromatic N) is 4. The summed E-state index contributed by atoms with van der Waals surface area (Å²) in [5.41, 5.74) is 3.47. The molecule has 4 rings (SSSR count). The lowest BCUT2D eigenvalue weighted by Crippen LogP contribution is -2.27. The largest absolute Gasteiger partial charge is 0.497 e. The molecule has 1 aliphatic heterocycles. The third-order valence-electron chi connectivity index (χ3n) is 5.80. The third kappa shape index (κ3) is 3.87. The first kappa shape index (κ1) is 20.6. The summed E-state index contributed by atoms with van der Waals surface area (Å²) in [7, 11) is 5.36. The minimum Gasteiger partial charge on any atom is -0.497 e. The second kappa shape index (κ2) is 8.62. The molecule has 7 heteroatoms. The quantitative estimate of drug-likeness (QED) is 0.535. The molecule has 3 aromatic rings. The SMILES string of the molecule is COc1ccc([C@@H]2CCCN2Cn2nc(-c3cccc(C)c3)n(C)c2=S)c(OC)c1. The molecule has 2 heterocycles. The lowest BCUT2D eigenvalue weighted by atomic mass is 10.0. The van der Waals surface area contributed by atoms with Gasteiger partial charge < -0.3 is 14.0 Å². The Morgan fingerprint density at radius 1 is 1.13 bits per heavy atom. The van der Waals surface area contributed by atoms with Crippen LogP contribution in [0.4, 0.5) is 0 Å². The number of aryl methyl sites for hydroxylation is 1. The summed E-state index contributed by atoms with van der Waals surface area (Å²) in [5.74, 6) is 2.55. The number of hydrogen-bond acceptors (Lipinski definition) is 5. The monoisotopic (exact) mass is 424 g/mol. The van der Waals surface area contributed by atoms with E-state index < -0.39 is 0 Å². The molecular weight excluding hydrogens is 396 g/mol. The van der Waals surface area contributed by atoms with Gasteiger partial charge in [0.15, 0.2) is 10.6 Å².